The number of carbonyl (C=O) groups excluding carboxylic acids is 1. The van der Waals surface area contributed by atoms with Gasteiger partial charge >= 0.3 is 0 Å². The van der Waals surface area contributed by atoms with Crippen molar-refractivity contribution in [3.63, 3.8) is 0 Å². The smallest absolute Gasteiger partial charge is 0.255 e. The van der Waals surface area contributed by atoms with Crippen LogP contribution < -0.4 is 4.74 Å². The van der Waals surface area contributed by atoms with Crippen molar-refractivity contribution in [1.82, 2.24) is 9.21 Å². The average molecular weight is 475 g/mol. The van der Waals surface area contributed by atoms with E-state index in [0.717, 1.165) is 22.5 Å². The monoisotopic (exact) mass is 474 g/mol. The van der Waals surface area contributed by atoms with Crippen molar-refractivity contribution in [2.24, 2.45) is 0 Å². The molecule has 1 saturated heterocycles. The van der Waals surface area contributed by atoms with Crippen molar-refractivity contribution in [2.45, 2.75) is 4.90 Å². The van der Waals surface area contributed by atoms with Gasteiger partial charge in [0.2, 0.25) is 10.0 Å². The number of hydrogen-bond donors (Lipinski definition) is 0. The molecule has 1 aliphatic heterocycles. The highest BCUT2D eigenvalue weighted by Gasteiger charge is 2.34. The van der Waals surface area contributed by atoms with Gasteiger partial charge in [-0.3, -0.25) is 4.79 Å². The third kappa shape index (κ3) is 3.89. The number of carbonyl (C=O) groups is 1. The second-order valence-electron chi connectivity index (χ2n) is 6.09. The van der Waals surface area contributed by atoms with Gasteiger partial charge in [0, 0.05) is 30.7 Å². The van der Waals surface area contributed by atoms with E-state index in [-0.39, 0.29) is 32.1 Å². The summed E-state index contributed by atoms with van der Waals surface area (Å²) < 4.78 is 59.8. The molecule has 3 rings (SSSR count). The number of nitrogens with zero attached hydrogens (tertiary/aromatic N) is 2. The van der Waals surface area contributed by atoms with Gasteiger partial charge in [-0.05, 0) is 46.3 Å². The first-order valence-corrected chi connectivity index (χ1v) is 10.6. The normalized spacial score (nSPS) is 15.5. The van der Waals surface area contributed by atoms with Crippen LogP contribution in [-0.2, 0) is 10.0 Å². The maximum absolute atomic E-state index is 13.9. The van der Waals surface area contributed by atoms with Crippen LogP contribution in [0.15, 0.2) is 45.8 Å². The third-order valence-corrected chi connectivity index (χ3v) is 7.09. The van der Waals surface area contributed by atoms with E-state index in [1.165, 1.54) is 12.0 Å². The van der Waals surface area contributed by atoms with Crippen LogP contribution >= 0.6 is 15.9 Å². The van der Waals surface area contributed by atoms with E-state index < -0.39 is 26.6 Å². The molecular formula is C18H17BrF2N2O4S. The number of piperazine rings is 1. The molecule has 0 atom stereocenters. The van der Waals surface area contributed by atoms with E-state index in [2.05, 4.69) is 15.9 Å². The molecule has 1 fully saturated rings. The molecule has 150 valence electrons. The Hall–Kier alpha value is -2.04. The van der Waals surface area contributed by atoms with Gasteiger partial charge in [0.05, 0.1) is 12.7 Å². The van der Waals surface area contributed by atoms with E-state index in [4.69, 9.17) is 4.74 Å². The molecule has 1 aliphatic rings. The maximum atomic E-state index is 13.9. The van der Waals surface area contributed by atoms with Crippen LogP contribution in [0.3, 0.4) is 0 Å². The van der Waals surface area contributed by atoms with Crippen molar-refractivity contribution in [3.8, 4) is 5.75 Å². The highest BCUT2D eigenvalue weighted by Crippen LogP contribution is 2.26. The van der Waals surface area contributed by atoms with Crippen LogP contribution in [0.1, 0.15) is 10.4 Å². The molecule has 6 nitrogen and oxygen atoms in total. The van der Waals surface area contributed by atoms with Gasteiger partial charge in [0.1, 0.15) is 17.4 Å². The molecule has 0 aromatic heterocycles. The van der Waals surface area contributed by atoms with Crippen LogP contribution in [0.2, 0.25) is 0 Å². The summed E-state index contributed by atoms with van der Waals surface area (Å²) in [5, 5.41) is 0. The third-order valence-electron chi connectivity index (χ3n) is 4.45. The molecule has 0 saturated carbocycles. The number of halogens is 3. The van der Waals surface area contributed by atoms with Gasteiger partial charge in [-0.25, -0.2) is 17.2 Å². The van der Waals surface area contributed by atoms with Gasteiger partial charge in [0.15, 0.2) is 4.90 Å². The van der Waals surface area contributed by atoms with Crippen LogP contribution in [0.4, 0.5) is 8.78 Å². The minimum absolute atomic E-state index is 0.0660. The molecule has 2 aromatic rings. The second-order valence-corrected chi connectivity index (χ2v) is 8.82. The maximum Gasteiger partial charge on any atom is 0.255 e. The zero-order chi connectivity index (χ0) is 20.5. The molecule has 0 spiro atoms. The Morgan fingerprint density at radius 1 is 1.07 bits per heavy atom. The molecular weight excluding hydrogens is 458 g/mol. The molecule has 28 heavy (non-hydrogen) atoms. The van der Waals surface area contributed by atoms with Crippen LogP contribution in [-0.4, -0.2) is 56.8 Å². The Morgan fingerprint density at radius 3 is 2.25 bits per heavy atom. The minimum atomic E-state index is -4.34. The number of hydrogen-bond acceptors (Lipinski definition) is 4. The number of ether oxygens (including phenoxy) is 1. The Bertz CT molecular complexity index is 988. The van der Waals surface area contributed by atoms with Gasteiger partial charge in [-0.15, -0.1) is 0 Å². The fraction of sp³-hybridized carbons (Fsp3) is 0.278. The van der Waals surface area contributed by atoms with E-state index >= 15 is 0 Å². The van der Waals surface area contributed by atoms with Gasteiger partial charge < -0.3 is 9.64 Å². The van der Waals surface area contributed by atoms with Crippen LogP contribution in [0.5, 0.6) is 5.75 Å². The van der Waals surface area contributed by atoms with Crippen molar-refractivity contribution in [3.05, 3.63) is 58.1 Å². The summed E-state index contributed by atoms with van der Waals surface area (Å²) in [6.45, 7) is 0.0580. The molecule has 1 amide bonds. The number of benzene rings is 2. The molecule has 0 N–H and O–H groups in total. The van der Waals surface area contributed by atoms with Crippen LogP contribution in [0, 0.1) is 11.6 Å². The summed E-state index contributed by atoms with van der Waals surface area (Å²) in [5.74, 6) is -2.06. The molecule has 0 unspecified atom stereocenters. The summed E-state index contributed by atoms with van der Waals surface area (Å²) in [7, 11) is -2.85. The fourth-order valence-electron chi connectivity index (χ4n) is 2.96. The van der Waals surface area contributed by atoms with E-state index in [1.54, 1.807) is 18.2 Å². The largest absolute Gasteiger partial charge is 0.497 e. The average Bonchev–Trinajstić information content (AvgIpc) is 2.67. The summed E-state index contributed by atoms with van der Waals surface area (Å²) in [6.07, 6.45) is 0. The summed E-state index contributed by atoms with van der Waals surface area (Å²) in [5.41, 5.74) is 0.385. The van der Waals surface area contributed by atoms with E-state index in [0.29, 0.717) is 15.8 Å². The first-order chi connectivity index (χ1) is 13.3. The Balaban J connectivity index is 1.77. The van der Waals surface area contributed by atoms with Crippen LogP contribution in [0.25, 0.3) is 0 Å². The highest BCUT2D eigenvalue weighted by atomic mass is 79.9. The Labute approximate surface area is 169 Å². The molecule has 2 aromatic carbocycles. The molecule has 0 aliphatic carbocycles. The number of sulfonamides is 1. The lowest BCUT2D eigenvalue weighted by Gasteiger charge is -2.34. The lowest BCUT2D eigenvalue weighted by Crippen LogP contribution is -2.50. The summed E-state index contributed by atoms with van der Waals surface area (Å²) in [6, 6.07) is 7.88. The first-order valence-electron chi connectivity index (χ1n) is 8.32. The Kier molecular flexibility index (Phi) is 6.01. The molecule has 0 radical (unpaired) electrons. The molecule has 0 bridgehead atoms. The van der Waals surface area contributed by atoms with Gasteiger partial charge in [-0.2, -0.15) is 4.31 Å². The van der Waals surface area contributed by atoms with Crippen molar-refractivity contribution in [2.75, 3.05) is 33.3 Å². The predicted octanol–water partition coefficient (Wildman–Crippen LogP) is 2.88. The quantitative estimate of drug-likeness (QED) is 0.683. The summed E-state index contributed by atoms with van der Waals surface area (Å²) >= 11 is 3.32. The first kappa shape index (κ1) is 20.7. The van der Waals surface area contributed by atoms with Crippen molar-refractivity contribution in [1.29, 1.82) is 0 Å². The van der Waals surface area contributed by atoms with Crippen molar-refractivity contribution >= 4 is 31.9 Å². The topological polar surface area (TPSA) is 66.9 Å². The zero-order valence-electron chi connectivity index (χ0n) is 14.9. The predicted molar refractivity (Wildman–Crippen MR) is 102 cm³/mol. The number of amides is 1. The summed E-state index contributed by atoms with van der Waals surface area (Å²) in [4.78, 5) is 13.3. The highest BCUT2D eigenvalue weighted by molar-refractivity contribution is 9.10. The number of rotatable bonds is 4. The standard InChI is InChI=1S/C18H17BrF2N2O4S/c1-27-12-5-6-14(19)13(11-12)18(24)22-7-9-23(10-8-22)28(25,26)17-15(20)3-2-4-16(17)21/h2-6,11H,7-10H2,1H3. The number of methoxy groups -OCH3 is 1. The van der Waals surface area contributed by atoms with Crippen molar-refractivity contribution < 1.29 is 26.7 Å². The second kappa shape index (κ2) is 8.14. The minimum Gasteiger partial charge on any atom is -0.497 e. The van der Waals surface area contributed by atoms with E-state index in [9.17, 15) is 22.0 Å². The molecule has 10 heteroatoms. The van der Waals surface area contributed by atoms with E-state index in [1.807, 2.05) is 0 Å². The lowest BCUT2D eigenvalue weighted by molar-refractivity contribution is 0.0696. The van der Waals surface area contributed by atoms with Gasteiger partial charge in [-0.1, -0.05) is 6.07 Å². The lowest BCUT2D eigenvalue weighted by atomic mass is 10.1. The molecule has 1 heterocycles. The van der Waals surface area contributed by atoms with Gasteiger partial charge in [0.25, 0.3) is 5.91 Å². The zero-order valence-corrected chi connectivity index (χ0v) is 17.3. The SMILES string of the molecule is COc1ccc(Br)c(C(=O)N2CCN(S(=O)(=O)c3c(F)cccc3F)CC2)c1. The Morgan fingerprint density at radius 2 is 1.68 bits per heavy atom. The fourth-order valence-corrected chi connectivity index (χ4v) is 4.90.